The molecule has 0 aliphatic rings. The highest BCUT2D eigenvalue weighted by Crippen LogP contribution is 2.31. The number of benzene rings is 2. The fourth-order valence-corrected chi connectivity index (χ4v) is 2.34. The molecule has 2 aromatic rings. The van der Waals surface area contributed by atoms with E-state index in [0.717, 1.165) is 17.0 Å². The summed E-state index contributed by atoms with van der Waals surface area (Å²) in [6, 6.07) is 11.8. The standard InChI is InChI=1S/C16H17Cl2NO/c1-10-4-7-16(20-3)15(8-10)19-11(2)12-5-6-13(17)14(18)9-12/h4-9,11,19H,1-3H3. The molecule has 0 heterocycles. The fourth-order valence-electron chi connectivity index (χ4n) is 2.03. The first-order valence-electron chi connectivity index (χ1n) is 6.37. The van der Waals surface area contributed by atoms with Crippen molar-refractivity contribution >= 4 is 28.9 Å². The van der Waals surface area contributed by atoms with Crippen molar-refractivity contribution < 1.29 is 4.74 Å². The van der Waals surface area contributed by atoms with E-state index >= 15 is 0 Å². The Bertz CT molecular complexity index is 613. The van der Waals surface area contributed by atoms with Gasteiger partial charge in [-0.05, 0) is 49.2 Å². The van der Waals surface area contributed by atoms with E-state index in [1.807, 2.05) is 30.3 Å². The minimum Gasteiger partial charge on any atom is -0.495 e. The molecule has 0 saturated carbocycles. The normalized spacial score (nSPS) is 12.1. The first-order valence-corrected chi connectivity index (χ1v) is 7.13. The number of aryl methyl sites for hydroxylation is 1. The zero-order valence-corrected chi connectivity index (χ0v) is 13.2. The van der Waals surface area contributed by atoms with Crippen LogP contribution in [-0.4, -0.2) is 7.11 Å². The summed E-state index contributed by atoms with van der Waals surface area (Å²) >= 11 is 12.0. The molecule has 0 aromatic heterocycles. The summed E-state index contributed by atoms with van der Waals surface area (Å²) in [6.07, 6.45) is 0. The minimum absolute atomic E-state index is 0.0977. The molecule has 1 unspecified atom stereocenters. The van der Waals surface area contributed by atoms with Gasteiger partial charge in [0.2, 0.25) is 0 Å². The summed E-state index contributed by atoms with van der Waals surface area (Å²) in [7, 11) is 1.67. The topological polar surface area (TPSA) is 21.3 Å². The highest BCUT2D eigenvalue weighted by molar-refractivity contribution is 6.42. The van der Waals surface area contributed by atoms with Gasteiger partial charge in [-0.2, -0.15) is 0 Å². The zero-order chi connectivity index (χ0) is 14.7. The van der Waals surface area contributed by atoms with E-state index in [4.69, 9.17) is 27.9 Å². The average Bonchev–Trinajstić information content (AvgIpc) is 2.42. The summed E-state index contributed by atoms with van der Waals surface area (Å²) in [5.41, 5.74) is 3.21. The first kappa shape index (κ1) is 15.0. The van der Waals surface area contributed by atoms with Crippen molar-refractivity contribution in [3.8, 4) is 5.75 Å². The molecule has 20 heavy (non-hydrogen) atoms. The van der Waals surface area contributed by atoms with Gasteiger partial charge in [0, 0.05) is 6.04 Å². The maximum atomic E-state index is 6.06. The second kappa shape index (κ2) is 6.38. The van der Waals surface area contributed by atoms with Crippen molar-refractivity contribution in [2.45, 2.75) is 19.9 Å². The second-order valence-corrected chi connectivity index (χ2v) is 5.56. The molecule has 0 bridgehead atoms. The van der Waals surface area contributed by atoms with Crippen LogP contribution in [0.25, 0.3) is 0 Å². The van der Waals surface area contributed by atoms with E-state index in [1.54, 1.807) is 7.11 Å². The molecule has 0 radical (unpaired) electrons. The number of ether oxygens (including phenoxy) is 1. The van der Waals surface area contributed by atoms with Crippen molar-refractivity contribution in [3.05, 3.63) is 57.6 Å². The molecule has 1 N–H and O–H groups in total. The number of hydrogen-bond acceptors (Lipinski definition) is 2. The number of rotatable bonds is 4. The van der Waals surface area contributed by atoms with Gasteiger partial charge < -0.3 is 10.1 Å². The SMILES string of the molecule is COc1ccc(C)cc1NC(C)c1ccc(Cl)c(Cl)c1. The van der Waals surface area contributed by atoms with Crippen LogP contribution in [0.2, 0.25) is 10.0 Å². The molecular formula is C16H17Cl2NO. The van der Waals surface area contributed by atoms with E-state index < -0.39 is 0 Å². The third-order valence-corrected chi connectivity index (χ3v) is 3.91. The van der Waals surface area contributed by atoms with Crippen molar-refractivity contribution in [3.63, 3.8) is 0 Å². The van der Waals surface area contributed by atoms with E-state index in [2.05, 4.69) is 25.2 Å². The molecular weight excluding hydrogens is 293 g/mol. The highest BCUT2D eigenvalue weighted by Gasteiger charge is 2.10. The summed E-state index contributed by atoms with van der Waals surface area (Å²) in [5.74, 6) is 0.822. The zero-order valence-electron chi connectivity index (χ0n) is 11.7. The molecule has 0 aliphatic carbocycles. The summed E-state index contributed by atoms with van der Waals surface area (Å²) in [6.45, 7) is 4.12. The van der Waals surface area contributed by atoms with Gasteiger partial charge in [-0.3, -0.25) is 0 Å². The Morgan fingerprint density at radius 1 is 1.05 bits per heavy atom. The summed E-state index contributed by atoms with van der Waals surface area (Å²) in [5, 5.41) is 4.57. The lowest BCUT2D eigenvalue weighted by atomic mass is 10.1. The Labute approximate surface area is 129 Å². The van der Waals surface area contributed by atoms with E-state index in [1.165, 1.54) is 5.56 Å². The molecule has 0 amide bonds. The van der Waals surface area contributed by atoms with Crippen molar-refractivity contribution in [1.82, 2.24) is 0 Å². The average molecular weight is 310 g/mol. The summed E-state index contributed by atoms with van der Waals surface area (Å²) < 4.78 is 5.37. The third kappa shape index (κ3) is 3.38. The fraction of sp³-hybridized carbons (Fsp3) is 0.250. The highest BCUT2D eigenvalue weighted by atomic mass is 35.5. The van der Waals surface area contributed by atoms with Crippen LogP contribution in [0, 0.1) is 6.92 Å². The van der Waals surface area contributed by atoms with Gasteiger partial charge in [-0.25, -0.2) is 0 Å². The Kier molecular flexibility index (Phi) is 4.79. The number of methoxy groups -OCH3 is 1. The van der Waals surface area contributed by atoms with Crippen LogP contribution in [0.4, 0.5) is 5.69 Å². The van der Waals surface area contributed by atoms with Crippen molar-refractivity contribution in [1.29, 1.82) is 0 Å². The molecule has 2 aromatic carbocycles. The van der Waals surface area contributed by atoms with Crippen LogP contribution in [0.3, 0.4) is 0 Å². The van der Waals surface area contributed by atoms with Crippen LogP contribution in [-0.2, 0) is 0 Å². The van der Waals surface area contributed by atoms with Crippen molar-refractivity contribution in [2.75, 3.05) is 12.4 Å². The van der Waals surface area contributed by atoms with Gasteiger partial charge in [0.1, 0.15) is 5.75 Å². The molecule has 0 saturated heterocycles. The predicted molar refractivity (Wildman–Crippen MR) is 86.2 cm³/mol. The molecule has 0 aliphatic heterocycles. The molecule has 1 atom stereocenters. The number of hydrogen-bond donors (Lipinski definition) is 1. The monoisotopic (exact) mass is 309 g/mol. The first-order chi connectivity index (χ1) is 9.51. The lowest BCUT2D eigenvalue weighted by Gasteiger charge is -2.19. The van der Waals surface area contributed by atoms with Crippen molar-refractivity contribution in [2.24, 2.45) is 0 Å². The van der Waals surface area contributed by atoms with E-state index in [9.17, 15) is 0 Å². The number of anilines is 1. The number of halogens is 2. The maximum Gasteiger partial charge on any atom is 0.141 e. The second-order valence-electron chi connectivity index (χ2n) is 4.74. The molecule has 2 nitrogen and oxygen atoms in total. The summed E-state index contributed by atoms with van der Waals surface area (Å²) in [4.78, 5) is 0. The number of nitrogens with one attached hydrogen (secondary N) is 1. The Balaban J connectivity index is 2.24. The van der Waals surface area contributed by atoms with E-state index in [-0.39, 0.29) is 6.04 Å². The Morgan fingerprint density at radius 3 is 2.45 bits per heavy atom. The molecule has 106 valence electrons. The lowest BCUT2D eigenvalue weighted by Crippen LogP contribution is -2.08. The van der Waals surface area contributed by atoms with Gasteiger partial charge in [0.25, 0.3) is 0 Å². The maximum absolute atomic E-state index is 6.06. The molecule has 4 heteroatoms. The van der Waals surface area contributed by atoms with Gasteiger partial charge >= 0.3 is 0 Å². The van der Waals surface area contributed by atoms with Crippen LogP contribution in [0.5, 0.6) is 5.75 Å². The van der Waals surface area contributed by atoms with E-state index in [0.29, 0.717) is 10.0 Å². The van der Waals surface area contributed by atoms with Crippen LogP contribution < -0.4 is 10.1 Å². The smallest absolute Gasteiger partial charge is 0.141 e. The lowest BCUT2D eigenvalue weighted by molar-refractivity contribution is 0.416. The predicted octanol–water partition coefficient (Wildman–Crippen LogP) is 5.48. The van der Waals surface area contributed by atoms with Gasteiger partial charge in [0.05, 0.1) is 22.8 Å². The third-order valence-electron chi connectivity index (χ3n) is 3.17. The van der Waals surface area contributed by atoms with Gasteiger partial charge in [-0.15, -0.1) is 0 Å². The molecule has 0 spiro atoms. The minimum atomic E-state index is 0.0977. The Morgan fingerprint density at radius 2 is 1.80 bits per heavy atom. The molecule has 0 fully saturated rings. The van der Waals surface area contributed by atoms with Crippen LogP contribution >= 0.6 is 23.2 Å². The van der Waals surface area contributed by atoms with Gasteiger partial charge in [-0.1, -0.05) is 35.3 Å². The van der Waals surface area contributed by atoms with Gasteiger partial charge in [0.15, 0.2) is 0 Å². The quantitative estimate of drug-likeness (QED) is 0.807. The molecule has 2 rings (SSSR count). The Hall–Kier alpha value is -1.38. The van der Waals surface area contributed by atoms with Crippen LogP contribution in [0.15, 0.2) is 36.4 Å². The largest absolute Gasteiger partial charge is 0.495 e. The van der Waals surface area contributed by atoms with Crippen LogP contribution in [0.1, 0.15) is 24.1 Å².